The van der Waals surface area contributed by atoms with Crippen LogP contribution in [0.15, 0.2) is 84.4 Å². The summed E-state index contributed by atoms with van der Waals surface area (Å²) in [5.41, 5.74) is 0.933. The van der Waals surface area contributed by atoms with Gasteiger partial charge in [-0.2, -0.15) is 0 Å². The number of halogens is 1. The summed E-state index contributed by atoms with van der Waals surface area (Å²) in [5, 5.41) is 22.4. The maximum absolute atomic E-state index is 13.0. The van der Waals surface area contributed by atoms with E-state index in [-0.39, 0.29) is 17.0 Å². The van der Waals surface area contributed by atoms with Crippen LogP contribution >= 0.6 is 11.6 Å². The van der Waals surface area contributed by atoms with E-state index in [4.69, 9.17) is 11.6 Å². The van der Waals surface area contributed by atoms with Crippen molar-refractivity contribution in [3.8, 4) is 0 Å². The first kappa shape index (κ1) is 20.3. The molecule has 1 N–H and O–H groups in total. The van der Waals surface area contributed by atoms with Crippen molar-refractivity contribution in [1.82, 2.24) is 0 Å². The van der Waals surface area contributed by atoms with E-state index in [0.717, 1.165) is 0 Å². The number of non-ortho nitro benzene ring substituents is 1. The third-order valence-corrected chi connectivity index (χ3v) is 5.23. The molecular formula is C23H15ClN2O5. The number of Topliss-reactive ketones (excluding diaryl/α,β-unsaturated/α-hetero) is 1. The van der Waals surface area contributed by atoms with Gasteiger partial charge in [0.25, 0.3) is 17.4 Å². The van der Waals surface area contributed by atoms with Crippen LogP contribution in [0, 0.1) is 10.1 Å². The molecule has 0 aliphatic carbocycles. The van der Waals surface area contributed by atoms with Crippen molar-refractivity contribution in [2.45, 2.75) is 6.04 Å². The van der Waals surface area contributed by atoms with Gasteiger partial charge >= 0.3 is 0 Å². The molecule has 1 saturated heterocycles. The lowest BCUT2D eigenvalue weighted by atomic mass is 9.95. The molecule has 7 nitrogen and oxygen atoms in total. The van der Waals surface area contributed by atoms with Crippen LogP contribution in [0.4, 0.5) is 11.4 Å². The highest BCUT2D eigenvalue weighted by Crippen LogP contribution is 2.42. The number of aliphatic hydroxyl groups excluding tert-OH is 1. The molecule has 0 unspecified atom stereocenters. The molecule has 0 radical (unpaired) electrons. The lowest BCUT2D eigenvalue weighted by Gasteiger charge is -2.25. The Labute approximate surface area is 182 Å². The van der Waals surface area contributed by atoms with E-state index < -0.39 is 22.7 Å². The summed E-state index contributed by atoms with van der Waals surface area (Å²) >= 11 is 6.09. The van der Waals surface area contributed by atoms with Gasteiger partial charge in [-0.1, -0.05) is 48.0 Å². The molecule has 154 valence electrons. The zero-order valence-electron chi connectivity index (χ0n) is 15.9. The van der Waals surface area contributed by atoms with Gasteiger partial charge in [-0.05, 0) is 35.9 Å². The predicted molar refractivity (Wildman–Crippen MR) is 116 cm³/mol. The number of ketones is 1. The van der Waals surface area contributed by atoms with Gasteiger partial charge in [0, 0.05) is 28.4 Å². The first-order chi connectivity index (χ1) is 14.9. The van der Waals surface area contributed by atoms with Gasteiger partial charge in [0.2, 0.25) is 0 Å². The number of nitro groups is 1. The third-order valence-electron chi connectivity index (χ3n) is 5.00. The highest BCUT2D eigenvalue weighted by Gasteiger charge is 2.47. The van der Waals surface area contributed by atoms with Crippen molar-refractivity contribution < 1.29 is 19.6 Å². The molecular weight excluding hydrogens is 420 g/mol. The van der Waals surface area contributed by atoms with E-state index in [9.17, 15) is 24.8 Å². The Morgan fingerprint density at radius 2 is 1.65 bits per heavy atom. The van der Waals surface area contributed by atoms with E-state index in [2.05, 4.69) is 0 Å². The van der Waals surface area contributed by atoms with Crippen LogP contribution in [0.25, 0.3) is 5.76 Å². The van der Waals surface area contributed by atoms with Gasteiger partial charge in [-0.3, -0.25) is 24.6 Å². The van der Waals surface area contributed by atoms with Crippen molar-refractivity contribution >= 4 is 40.4 Å². The van der Waals surface area contributed by atoms with Gasteiger partial charge < -0.3 is 5.11 Å². The average Bonchev–Trinajstić information content (AvgIpc) is 3.04. The lowest BCUT2D eigenvalue weighted by molar-refractivity contribution is -0.384. The number of anilines is 1. The number of carbonyl (C=O) groups is 2. The fraction of sp³-hybridized carbons (Fsp3) is 0.0435. The monoisotopic (exact) mass is 434 g/mol. The minimum absolute atomic E-state index is 0.106. The van der Waals surface area contributed by atoms with E-state index in [1.165, 1.54) is 35.2 Å². The lowest BCUT2D eigenvalue weighted by Crippen LogP contribution is -2.29. The number of hydrogen-bond acceptors (Lipinski definition) is 5. The first-order valence-electron chi connectivity index (χ1n) is 9.25. The maximum atomic E-state index is 13.0. The SMILES string of the molecule is O=C1C(=O)N(c2cccc(Cl)c2)[C@H](c2ccc([N+](=O)[O-])cc2)C1=C(O)c1ccccc1. The molecule has 8 heteroatoms. The smallest absolute Gasteiger partial charge is 0.300 e. The third kappa shape index (κ3) is 3.67. The predicted octanol–water partition coefficient (Wildman–Crippen LogP) is 4.87. The Balaban J connectivity index is 1.94. The number of hydrogen-bond donors (Lipinski definition) is 1. The van der Waals surface area contributed by atoms with E-state index in [0.29, 0.717) is 21.8 Å². The number of nitrogens with zero attached hydrogens (tertiary/aromatic N) is 2. The van der Waals surface area contributed by atoms with Crippen LogP contribution in [-0.4, -0.2) is 21.7 Å². The minimum Gasteiger partial charge on any atom is -0.507 e. The molecule has 4 rings (SSSR count). The molecule has 1 amide bonds. The fourth-order valence-corrected chi connectivity index (χ4v) is 3.75. The van der Waals surface area contributed by atoms with Crippen LogP contribution in [-0.2, 0) is 9.59 Å². The number of rotatable bonds is 4. The van der Waals surface area contributed by atoms with Crippen LogP contribution in [0.3, 0.4) is 0 Å². The van der Waals surface area contributed by atoms with Crippen molar-refractivity contribution in [3.05, 3.63) is 111 Å². The standard InChI is InChI=1S/C23H15ClN2O5/c24-16-7-4-8-18(13-16)25-20(14-9-11-17(12-10-14)26(30)31)19(22(28)23(25)29)21(27)15-5-2-1-3-6-15/h1-13,20,27H/t20-/m1/s1. The van der Waals surface area contributed by atoms with Crippen LogP contribution in [0.5, 0.6) is 0 Å². The second-order valence-corrected chi connectivity index (χ2v) is 7.30. The van der Waals surface area contributed by atoms with E-state index in [1.807, 2.05) is 0 Å². The molecule has 3 aromatic rings. The Hall–Kier alpha value is -3.97. The number of amides is 1. The summed E-state index contributed by atoms with van der Waals surface area (Å²) in [6, 6.07) is 19.3. The van der Waals surface area contributed by atoms with Crippen molar-refractivity contribution in [2.24, 2.45) is 0 Å². The summed E-state index contributed by atoms with van der Waals surface area (Å²) in [6.07, 6.45) is 0. The van der Waals surface area contributed by atoms with Crippen molar-refractivity contribution in [3.63, 3.8) is 0 Å². The fourth-order valence-electron chi connectivity index (χ4n) is 3.57. The second kappa shape index (κ2) is 8.04. The summed E-state index contributed by atoms with van der Waals surface area (Å²) in [5.74, 6) is -2.01. The first-order valence-corrected chi connectivity index (χ1v) is 9.62. The molecule has 1 aliphatic heterocycles. The van der Waals surface area contributed by atoms with Crippen LogP contribution < -0.4 is 4.90 Å². The zero-order chi connectivity index (χ0) is 22.1. The van der Waals surface area contributed by atoms with Gasteiger partial charge in [0.05, 0.1) is 16.5 Å². The van der Waals surface area contributed by atoms with Crippen molar-refractivity contribution in [1.29, 1.82) is 0 Å². The summed E-state index contributed by atoms with van der Waals surface area (Å²) < 4.78 is 0. The molecule has 1 atom stereocenters. The Morgan fingerprint density at radius 3 is 2.26 bits per heavy atom. The van der Waals surface area contributed by atoms with Crippen LogP contribution in [0.2, 0.25) is 5.02 Å². The van der Waals surface area contributed by atoms with E-state index >= 15 is 0 Å². The molecule has 0 spiro atoms. The maximum Gasteiger partial charge on any atom is 0.300 e. The molecule has 0 bridgehead atoms. The molecule has 31 heavy (non-hydrogen) atoms. The molecule has 1 heterocycles. The largest absolute Gasteiger partial charge is 0.507 e. The highest BCUT2D eigenvalue weighted by atomic mass is 35.5. The van der Waals surface area contributed by atoms with E-state index in [1.54, 1.807) is 48.5 Å². The Morgan fingerprint density at radius 1 is 0.968 bits per heavy atom. The highest BCUT2D eigenvalue weighted by molar-refractivity contribution is 6.51. The average molecular weight is 435 g/mol. The minimum atomic E-state index is -0.987. The molecule has 0 aromatic heterocycles. The summed E-state index contributed by atoms with van der Waals surface area (Å²) in [4.78, 5) is 37.7. The quantitative estimate of drug-likeness (QED) is 0.207. The van der Waals surface area contributed by atoms with Gasteiger partial charge in [-0.25, -0.2) is 0 Å². The molecule has 1 aliphatic rings. The van der Waals surface area contributed by atoms with Gasteiger partial charge in [-0.15, -0.1) is 0 Å². The molecule has 1 fully saturated rings. The summed E-state index contributed by atoms with van der Waals surface area (Å²) in [6.45, 7) is 0. The zero-order valence-corrected chi connectivity index (χ0v) is 16.7. The normalized spacial score (nSPS) is 17.7. The second-order valence-electron chi connectivity index (χ2n) is 6.86. The Kier molecular flexibility index (Phi) is 5.27. The number of nitro benzene ring substituents is 1. The Bertz CT molecular complexity index is 1220. The number of aliphatic hydroxyl groups is 1. The number of carbonyl (C=O) groups excluding carboxylic acids is 2. The van der Waals surface area contributed by atoms with Gasteiger partial charge in [0.1, 0.15) is 5.76 Å². The van der Waals surface area contributed by atoms with Crippen LogP contribution in [0.1, 0.15) is 17.2 Å². The topological polar surface area (TPSA) is 101 Å². The molecule has 0 saturated carbocycles. The summed E-state index contributed by atoms with van der Waals surface area (Å²) in [7, 11) is 0. The van der Waals surface area contributed by atoms with Crippen molar-refractivity contribution in [2.75, 3.05) is 4.90 Å². The van der Waals surface area contributed by atoms with Gasteiger partial charge in [0.15, 0.2) is 0 Å². The number of benzene rings is 3. The molecule has 3 aromatic carbocycles.